The van der Waals surface area contributed by atoms with Crippen molar-refractivity contribution in [2.45, 2.75) is 31.2 Å². The maximum Gasteiger partial charge on any atom is 0.431 e. The molecule has 8 nitrogen and oxygen atoms in total. The van der Waals surface area contributed by atoms with Crippen LogP contribution in [0.3, 0.4) is 0 Å². The Balaban J connectivity index is 1.77. The Bertz CT molecular complexity index is 1500. The summed E-state index contributed by atoms with van der Waals surface area (Å²) in [5.41, 5.74) is -5.02. The number of para-hydroxylation sites is 2. The number of nitrogens with zero attached hydrogens (tertiary/aromatic N) is 2. The van der Waals surface area contributed by atoms with Gasteiger partial charge in [0.2, 0.25) is 0 Å². The van der Waals surface area contributed by atoms with Crippen LogP contribution in [-0.2, 0) is 22.8 Å². The number of rotatable bonds is 8. The minimum atomic E-state index is -4.99. The quantitative estimate of drug-likeness (QED) is 0.224. The summed E-state index contributed by atoms with van der Waals surface area (Å²) in [6.45, 7) is 0. The van der Waals surface area contributed by atoms with Crippen molar-refractivity contribution in [3.05, 3.63) is 79.8 Å². The number of ether oxygens (including phenoxy) is 3. The van der Waals surface area contributed by atoms with Gasteiger partial charge in [-0.1, -0.05) is 30.2 Å². The molecule has 1 saturated carbocycles. The predicted octanol–water partition coefficient (Wildman–Crippen LogP) is 4.86. The first-order valence-corrected chi connectivity index (χ1v) is 11.7. The molecule has 1 aromatic heterocycles. The highest BCUT2D eigenvalue weighted by Crippen LogP contribution is 2.42. The first-order chi connectivity index (χ1) is 17.9. The molecule has 2 aromatic carbocycles. The number of benzene rings is 2. The molecule has 0 amide bonds. The minimum absolute atomic E-state index is 0.0298. The molecule has 0 saturated heterocycles. The van der Waals surface area contributed by atoms with Crippen LogP contribution in [0.2, 0.25) is 5.02 Å². The SMILES string of the molecule is COC(C=O)(Oc1ccccc1Oc1cc(-n2c(=O)cc(C(F)(F)F)n(C)c2=O)c(F)cc1Cl)C1CCC1. The molecule has 13 heteroatoms. The van der Waals surface area contributed by atoms with E-state index >= 15 is 0 Å². The molecule has 38 heavy (non-hydrogen) atoms. The third-order valence-corrected chi connectivity index (χ3v) is 6.64. The maximum absolute atomic E-state index is 14.9. The molecule has 0 aliphatic heterocycles. The molecule has 1 aliphatic carbocycles. The van der Waals surface area contributed by atoms with E-state index in [4.69, 9.17) is 25.8 Å². The van der Waals surface area contributed by atoms with Gasteiger partial charge in [-0.05, 0) is 31.0 Å². The number of carbonyl (C=O) groups excluding carboxylic acids is 1. The van der Waals surface area contributed by atoms with Crippen LogP contribution < -0.4 is 20.7 Å². The number of hydrogen-bond donors (Lipinski definition) is 0. The van der Waals surface area contributed by atoms with E-state index in [1.807, 2.05) is 0 Å². The van der Waals surface area contributed by atoms with Crippen LogP contribution in [0.5, 0.6) is 17.2 Å². The van der Waals surface area contributed by atoms with Gasteiger partial charge in [-0.2, -0.15) is 13.2 Å². The lowest BCUT2D eigenvalue weighted by atomic mass is 9.79. The maximum atomic E-state index is 14.9. The summed E-state index contributed by atoms with van der Waals surface area (Å²) < 4.78 is 72.0. The predicted molar refractivity (Wildman–Crippen MR) is 128 cm³/mol. The fourth-order valence-corrected chi connectivity index (χ4v) is 4.26. The first kappa shape index (κ1) is 27.4. The molecule has 1 fully saturated rings. The number of aldehydes is 1. The van der Waals surface area contributed by atoms with Crippen molar-refractivity contribution in [3.63, 3.8) is 0 Å². The molecule has 3 aromatic rings. The van der Waals surface area contributed by atoms with Crippen LogP contribution in [0.1, 0.15) is 25.0 Å². The topological polar surface area (TPSA) is 88.8 Å². The summed E-state index contributed by atoms with van der Waals surface area (Å²) in [5, 5.41) is -0.273. The van der Waals surface area contributed by atoms with E-state index in [1.54, 1.807) is 12.1 Å². The highest BCUT2D eigenvalue weighted by Gasteiger charge is 2.45. The zero-order valence-corrected chi connectivity index (χ0v) is 20.8. The molecule has 1 unspecified atom stereocenters. The largest absolute Gasteiger partial charge is 0.452 e. The number of hydrogen-bond acceptors (Lipinski definition) is 6. The van der Waals surface area contributed by atoms with Crippen LogP contribution in [0, 0.1) is 11.7 Å². The van der Waals surface area contributed by atoms with E-state index in [9.17, 15) is 31.9 Å². The second-order valence-electron chi connectivity index (χ2n) is 8.60. The van der Waals surface area contributed by atoms with E-state index < -0.39 is 40.4 Å². The van der Waals surface area contributed by atoms with Gasteiger partial charge in [0.25, 0.3) is 11.3 Å². The summed E-state index contributed by atoms with van der Waals surface area (Å²) in [6.07, 6.45) is -2.11. The monoisotopic (exact) mass is 556 g/mol. The molecule has 1 aliphatic rings. The minimum Gasteiger partial charge on any atom is -0.452 e. The number of halogens is 5. The lowest BCUT2D eigenvalue weighted by molar-refractivity contribution is -0.203. The summed E-state index contributed by atoms with van der Waals surface area (Å²) in [4.78, 5) is 37.1. The molecule has 202 valence electrons. The van der Waals surface area contributed by atoms with E-state index in [1.165, 1.54) is 19.2 Å². The van der Waals surface area contributed by atoms with Crippen LogP contribution in [-0.4, -0.2) is 28.3 Å². The van der Waals surface area contributed by atoms with Gasteiger partial charge in [-0.25, -0.2) is 13.8 Å². The fraction of sp³-hybridized carbons (Fsp3) is 0.320. The molecule has 0 N–H and O–H groups in total. The average Bonchev–Trinajstić information content (AvgIpc) is 2.82. The van der Waals surface area contributed by atoms with Crippen molar-refractivity contribution in [1.82, 2.24) is 9.13 Å². The summed E-state index contributed by atoms with van der Waals surface area (Å²) in [6, 6.07) is 7.98. The van der Waals surface area contributed by atoms with Gasteiger partial charge in [0, 0.05) is 32.2 Å². The van der Waals surface area contributed by atoms with Crippen LogP contribution in [0.4, 0.5) is 17.6 Å². The Kier molecular flexibility index (Phi) is 7.39. The molecule has 0 spiro atoms. The van der Waals surface area contributed by atoms with Crippen LogP contribution >= 0.6 is 11.6 Å². The van der Waals surface area contributed by atoms with Gasteiger partial charge in [0.1, 0.15) is 17.3 Å². The molecule has 0 radical (unpaired) electrons. The van der Waals surface area contributed by atoms with Gasteiger partial charge >= 0.3 is 11.9 Å². The second-order valence-corrected chi connectivity index (χ2v) is 9.01. The lowest BCUT2D eigenvalue weighted by Gasteiger charge is -2.40. The number of alkyl halides is 3. The zero-order chi connectivity index (χ0) is 27.8. The Morgan fingerprint density at radius 2 is 1.71 bits per heavy atom. The van der Waals surface area contributed by atoms with Gasteiger partial charge in [-0.3, -0.25) is 14.2 Å². The van der Waals surface area contributed by atoms with Crippen LogP contribution in [0.15, 0.2) is 52.1 Å². The van der Waals surface area contributed by atoms with Gasteiger partial charge in [-0.15, -0.1) is 0 Å². The molecular formula is C25H21ClF4N2O6. The molecule has 1 atom stereocenters. The summed E-state index contributed by atoms with van der Waals surface area (Å²) in [7, 11) is 2.14. The fourth-order valence-electron chi connectivity index (χ4n) is 4.07. The van der Waals surface area contributed by atoms with Gasteiger partial charge < -0.3 is 14.2 Å². The lowest BCUT2D eigenvalue weighted by Crippen LogP contribution is -2.50. The Morgan fingerprint density at radius 3 is 2.26 bits per heavy atom. The first-order valence-electron chi connectivity index (χ1n) is 11.3. The second kappa shape index (κ2) is 10.3. The van der Waals surface area contributed by atoms with Crippen molar-refractivity contribution in [2.75, 3.05) is 7.11 Å². The number of carbonyl (C=O) groups is 1. The number of aromatic nitrogens is 2. The average molecular weight is 557 g/mol. The van der Waals surface area contributed by atoms with Crippen molar-refractivity contribution < 1.29 is 36.6 Å². The van der Waals surface area contributed by atoms with E-state index in [2.05, 4.69) is 0 Å². The molecule has 4 rings (SSSR count). The van der Waals surface area contributed by atoms with Gasteiger partial charge in [0.15, 0.2) is 17.8 Å². The van der Waals surface area contributed by atoms with Crippen molar-refractivity contribution in [1.29, 1.82) is 0 Å². The third kappa shape index (κ3) is 4.93. The highest BCUT2D eigenvalue weighted by molar-refractivity contribution is 6.32. The van der Waals surface area contributed by atoms with Gasteiger partial charge in [0.05, 0.1) is 10.7 Å². The normalized spacial score (nSPS) is 15.4. The highest BCUT2D eigenvalue weighted by atomic mass is 35.5. The Labute approximate surface area is 217 Å². The van der Waals surface area contributed by atoms with E-state index in [-0.39, 0.29) is 43.4 Å². The molecular weight excluding hydrogens is 536 g/mol. The zero-order valence-electron chi connectivity index (χ0n) is 20.1. The van der Waals surface area contributed by atoms with Crippen molar-refractivity contribution >= 4 is 17.9 Å². The van der Waals surface area contributed by atoms with E-state index in [0.29, 0.717) is 19.1 Å². The van der Waals surface area contributed by atoms with Crippen molar-refractivity contribution in [2.24, 2.45) is 13.0 Å². The molecule has 1 heterocycles. The molecule has 0 bridgehead atoms. The Morgan fingerprint density at radius 1 is 1.05 bits per heavy atom. The van der Waals surface area contributed by atoms with Crippen LogP contribution in [0.25, 0.3) is 5.69 Å². The summed E-state index contributed by atoms with van der Waals surface area (Å²) in [5.74, 6) is -3.06. The van der Waals surface area contributed by atoms with E-state index in [0.717, 1.165) is 25.6 Å². The third-order valence-electron chi connectivity index (χ3n) is 6.35. The number of methoxy groups -OCH3 is 1. The standard InChI is InChI=1S/C25H21ClF4N2O6/c1-31-21(25(28,29)30)12-22(34)32(23(31)35)17-11-20(15(26)10-16(17)27)37-18-8-3-4-9-19(18)38-24(13-33,36-2)14-6-5-7-14/h3-4,8-14H,5-7H2,1-2H3. The van der Waals surface area contributed by atoms with Crippen molar-refractivity contribution in [3.8, 4) is 22.9 Å². The smallest absolute Gasteiger partial charge is 0.431 e. The Hall–Kier alpha value is -3.64. The summed E-state index contributed by atoms with van der Waals surface area (Å²) >= 11 is 6.15.